The quantitative estimate of drug-likeness (QED) is 0.859. The highest BCUT2D eigenvalue weighted by atomic mass is 79.9. The van der Waals surface area contributed by atoms with Crippen molar-refractivity contribution in [2.24, 2.45) is 7.05 Å². The van der Waals surface area contributed by atoms with Crippen LogP contribution in [0.25, 0.3) is 0 Å². The molecule has 0 aliphatic carbocycles. The van der Waals surface area contributed by atoms with Gasteiger partial charge in [-0.2, -0.15) is 0 Å². The lowest BCUT2D eigenvalue weighted by Crippen LogP contribution is -2.19. The lowest BCUT2D eigenvalue weighted by Gasteiger charge is -2.17. The van der Waals surface area contributed by atoms with Gasteiger partial charge in [-0.25, -0.2) is 0 Å². The Kier molecular flexibility index (Phi) is 3.77. The summed E-state index contributed by atoms with van der Waals surface area (Å²) in [6.07, 6.45) is 1.82. The molecule has 1 aliphatic heterocycles. The number of thioether (sulfide) groups is 1. The lowest BCUT2D eigenvalue weighted by molar-refractivity contribution is -0.113. The summed E-state index contributed by atoms with van der Waals surface area (Å²) in [6.45, 7) is 0. The first-order valence-electron chi connectivity index (χ1n) is 6.23. The minimum Gasteiger partial charge on any atom is -0.345 e. The van der Waals surface area contributed by atoms with Crippen molar-refractivity contribution in [2.75, 3.05) is 16.4 Å². The van der Waals surface area contributed by atoms with Gasteiger partial charge in [-0.05, 0) is 40.2 Å². The fourth-order valence-corrected chi connectivity index (χ4v) is 3.42. The molecule has 0 atom stereocenters. The second-order valence-electron chi connectivity index (χ2n) is 4.66. The second-order valence-corrected chi connectivity index (χ2v) is 6.59. The maximum Gasteiger partial charge on any atom is 0.272 e. The number of anilines is 2. The van der Waals surface area contributed by atoms with E-state index in [0.29, 0.717) is 17.1 Å². The normalized spacial score (nSPS) is 13.5. The minimum atomic E-state index is -0.196. The SMILES string of the molecule is Cn1cc(Br)cc1C(=O)Nc1ccc2c(c1)NC(=O)CS2. The van der Waals surface area contributed by atoms with Crippen LogP contribution in [0.3, 0.4) is 0 Å². The molecular formula is C14H12BrN3O2S. The monoisotopic (exact) mass is 365 g/mol. The van der Waals surface area contributed by atoms with E-state index in [4.69, 9.17) is 0 Å². The lowest BCUT2D eigenvalue weighted by atomic mass is 10.2. The van der Waals surface area contributed by atoms with Gasteiger partial charge < -0.3 is 15.2 Å². The molecule has 21 heavy (non-hydrogen) atoms. The number of amides is 2. The Balaban J connectivity index is 1.82. The third-order valence-electron chi connectivity index (χ3n) is 3.07. The van der Waals surface area contributed by atoms with E-state index < -0.39 is 0 Å². The average Bonchev–Trinajstić information content (AvgIpc) is 2.77. The molecular weight excluding hydrogens is 354 g/mol. The van der Waals surface area contributed by atoms with Crippen molar-refractivity contribution in [2.45, 2.75) is 4.90 Å². The Labute approximate surface area is 134 Å². The summed E-state index contributed by atoms with van der Waals surface area (Å²) in [6, 6.07) is 7.26. The molecule has 0 radical (unpaired) electrons. The Bertz CT molecular complexity index is 742. The van der Waals surface area contributed by atoms with E-state index in [1.165, 1.54) is 11.8 Å². The van der Waals surface area contributed by atoms with Crippen LogP contribution in [-0.4, -0.2) is 22.1 Å². The summed E-state index contributed by atoms with van der Waals surface area (Å²) in [5.74, 6) is 0.205. The van der Waals surface area contributed by atoms with E-state index >= 15 is 0 Å². The summed E-state index contributed by atoms with van der Waals surface area (Å²) in [7, 11) is 1.81. The van der Waals surface area contributed by atoms with Crippen LogP contribution >= 0.6 is 27.7 Å². The van der Waals surface area contributed by atoms with Crippen LogP contribution in [0.4, 0.5) is 11.4 Å². The van der Waals surface area contributed by atoms with Gasteiger partial charge in [0.1, 0.15) is 5.69 Å². The van der Waals surface area contributed by atoms with E-state index in [1.54, 1.807) is 16.7 Å². The molecule has 2 N–H and O–H groups in total. The topological polar surface area (TPSA) is 63.1 Å². The third-order valence-corrected chi connectivity index (χ3v) is 4.58. The first-order chi connectivity index (χ1) is 10.0. The molecule has 2 amide bonds. The van der Waals surface area contributed by atoms with Gasteiger partial charge in [-0.3, -0.25) is 9.59 Å². The van der Waals surface area contributed by atoms with E-state index in [-0.39, 0.29) is 11.8 Å². The van der Waals surface area contributed by atoms with Gasteiger partial charge in [0, 0.05) is 28.3 Å². The molecule has 0 fully saturated rings. The summed E-state index contributed by atoms with van der Waals surface area (Å²) >= 11 is 4.83. The summed E-state index contributed by atoms with van der Waals surface area (Å²) in [5.41, 5.74) is 1.94. The zero-order valence-electron chi connectivity index (χ0n) is 11.1. The molecule has 0 saturated heterocycles. The molecule has 2 heterocycles. The third kappa shape index (κ3) is 2.98. The van der Waals surface area contributed by atoms with Gasteiger partial charge >= 0.3 is 0 Å². The van der Waals surface area contributed by atoms with Crippen LogP contribution in [0, 0.1) is 0 Å². The number of carbonyl (C=O) groups is 2. The first kappa shape index (κ1) is 14.2. The highest BCUT2D eigenvalue weighted by molar-refractivity contribution is 9.10. The number of fused-ring (bicyclic) bond motifs is 1. The van der Waals surface area contributed by atoms with Crippen LogP contribution in [0.15, 0.2) is 39.8 Å². The molecule has 7 heteroatoms. The number of aromatic nitrogens is 1. The summed E-state index contributed by atoms with van der Waals surface area (Å²) in [5, 5.41) is 5.64. The standard InChI is InChI=1S/C14H12BrN3O2S/c1-18-6-8(15)4-11(18)14(20)16-9-2-3-12-10(5-9)17-13(19)7-21-12/h2-6H,7H2,1H3,(H,16,20)(H,17,19). The molecule has 0 spiro atoms. The molecule has 1 aromatic heterocycles. The first-order valence-corrected chi connectivity index (χ1v) is 8.01. The van der Waals surface area contributed by atoms with Crippen LogP contribution in [-0.2, 0) is 11.8 Å². The summed E-state index contributed by atoms with van der Waals surface area (Å²) in [4.78, 5) is 24.6. The number of hydrogen-bond donors (Lipinski definition) is 2. The molecule has 0 saturated carbocycles. The van der Waals surface area contributed by atoms with Gasteiger partial charge in [-0.15, -0.1) is 11.8 Å². The Morgan fingerprint density at radius 2 is 2.24 bits per heavy atom. The number of nitrogens with zero attached hydrogens (tertiary/aromatic N) is 1. The molecule has 2 aromatic rings. The fourth-order valence-electron chi connectivity index (χ4n) is 2.11. The Morgan fingerprint density at radius 1 is 1.43 bits per heavy atom. The zero-order valence-corrected chi connectivity index (χ0v) is 13.5. The molecule has 108 valence electrons. The number of hydrogen-bond acceptors (Lipinski definition) is 3. The van der Waals surface area contributed by atoms with Gasteiger partial charge in [0.2, 0.25) is 5.91 Å². The van der Waals surface area contributed by atoms with Crippen LogP contribution in [0.2, 0.25) is 0 Å². The maximum atomic E-state index is 12.2. The van der Waals surface area contributed by atoms with Gasteiger partial charge in [0.05, 0.1) is 11.4 Å². The van der Waals surface area contributed by atoms with Gasteiger partial charge in [0.15, 0.2) is 0 Å². The van der Waals surface area contributed by atoms with Gasteiger partial charge in [-0.1, -0.05) is 0 Å². The minimum absolute atomic E-state index is 0.0256. The average molecular weight is 366 g/mol. The molecule has 1 aromatic carbocycles. The van der Waals surface area contributed by atoms with E-state index in [2.05, 4.69) is 26.6 Å². The number of rotatable bonds is 2. The molecule has 0 unspecified atom stereocenters. The van der Waals surface area contributed by atoms with Crippen molar-refractivity contribution in [3.8, 4) is 0 Å². The number of carbonyl (C=O) groups excluding carboxylic acids is 2. The highest BCUT2D eigenvalue weighted by Crippen LogP contribution is 2.33. The highest BCUT2D eigenvalue weighted by Gasteiger charge is 2.17. The number of aryl methyl sites for hydroxylation is 1. The van der Waals surface area contributed by atoms with Crippen molar-refractivity contribution in [1.29, 1.82) is 0 Å². The second kappa shape index (κ2) is 5.57. The fraction of sp³-hybridized carbons (Fsp3) is 0.143. The molecule has 3 rings (SSSR count). The number of benzene rings is 1. The number of nitrogens with one attached hydrogen (secondary N) is 2. The Hall–Kier alpha value is -1.73. The van der Waals surface area contributed by atoms with Crippen LogP contribution in [0.5, 0.6) is 0 Å². The number of halogens is 1. The van der Waals surface area contributed by atoms with E-state index in [1.807, 2.05) is 25.4 Å². The van der Waals surface area contributed by atoms with Crippen LogP contribution in [0.1, 0.15) is 10.5 Å². The van der Waals surface area contributed by atoms with Crippen molar-refractivity contribution in [3.63, 3.8) is 0 Å². The molecule has 5 nitrogen and oxygen atoms in total. The van der Waals surface area contributed by atoms with Crippen molar-refractivity contribution in [3.05, 3.63) is 40.6 Å². The van der Waals surface area contributed by atoms with Crippen molar-refractivity contribution >= 4 is 50.9 Å². The largest absolute Gasteiger partial charge is 0.345 e. The maximum absolute atomic E-state index is 12.2. The van der Waals surface area contributed by atoms with Crippen LogP contribution < -0.4 is 10.6 Å². The van der Waals surface area contributed by atoms with E-state index in [0.717, 1.165) is 15.1 Å². The van der Waals surface area contributed by atoms with Crippen molar-refractivity contribution < 1.29 is 9.59 Å². The zero-order chi connectivity index (χ0) is 15.0. The Morgan fingerprint density at radius 3 is 2.95 bits per heavy atom. The van der Waals surface area contributed by atoms with Crippen molar-refractivity contribution in [1.82, 2.24) is 4.57 Å². The smallest absolute Gasteiger partial charge is 0.272 e. The predicted octanol–water partition coefficient (Wildman–Crippen LogP) is 3.08. The molecule has 0 bridgehead atoms. The molecule has 1 aliphatic rings. The van der Waals surface area contributed by atoms with E-state index in [9.17, 15) is 9.59 Å². The summed E-state index contributed by atoms with van der Waals surface area (Å²) < 4.78 is 2.60. The van der Waals surface area contributed by atoms with Gasteiger partial charge in [0.25, 0.3) is 5.91 Å². The predicted molar refractivity (Wildman–Crippen MR) is 86.9 cm³/mol.